The molecule has 5 rings (SSSR count). The second-order valence-electron chi connectivity index (χ2n) is 9.07. The molecule has 0 heterocycles. The number of benzene rings is 4. The maximum absolute atomic E-state index is 10.5. The number of methoxy groups -OCH3 is 4. The minimum atomic E-state index is -1.51. The Morgan fingerprint density at radius 2 is 0.953 bits per heavy atom. The summed E-state index contributed by atoms with van der Waals surface area (Å²) in [5.41, 5.74) is 1.30. The van der Waals surface area contributed by atoms with Crippen LogP contribution in [-0.4, -0.2) is 61.3 Å². The van der Waals surface area contributed by atoms with Crippen molar-refractivity contribution >= 4 is 12.4 Å². The van der Waals surface area contributed by atoms with Crippen LogP contribution in [0.1, 0.15) is 22.3 Å². The fourth-order valence-corrected chi connectivity index (χ4v) is 5.02. The zero-order chi connectivity index (χ0) is 29.3. The molecule has 0 spiro atoms. The van der Waals surface area contributed by atoms with Crippen LogP contribution in [0.2, 0.25) is 0 Å². The molecule has 10 nitrogen and oxygen atoms in total. The fraction of sp³-hybridized carbons (Fsp3) is 0.161. The number of hydrogen-bond donors (Lipinski definition) is 4. The largest absolute Gasteiger partial charge is 0.504 e. The molecule has 4 aromatic rings. The first-order valence-electron chi connectivity index (χ1n) is 12.4. The van der Waals surface area contributed by atoms with Gasteiger partial charge in [-0.3, -0.25) is 9.98 Å². The summed E-state index contributed by atoms with van der Waals surface area (Å²) in [4.78, 5) is 9.82. The van der Waals surface area contributed by atoms with Gasteiger partial charge in [0.1, 0.15) is 0 Å². The molecule has 0 atom stereocenters. The van der Waals surface area contributed by atoms with Gasteiger partial charge in [-0.05, 0) is 48.5 Å². The van der Waals surface area contributed by atoms with Gasteiger partial charge in [0.25, 0.3) is 0 Å². The third-order valence-electron chi connectivity index (χ3n) is 6.97. The first-order chi connectivity index (χ1) is 19.8. The summed E-state index contributed by atoms with van der Waals surface area (Å²) >= 11 is 0. The van der Waals surface area contributed by atoms with Crippen LogP contribution in [0.25, 0.3) is 11.1 Å². The minimum Gasteiger partial charge on any atom is -0.504 e. The molecule has 0 radical (unpaired) electrons. The molecule has 0 bridgehead atoms. The van der Waals surface area contributed by atoms with Crippen molar-refractivity contribution in [1.82, 2.24) is 0 Å². The van der Waals surface area contributed by atoms with E-state index in [-0.39, 0.29) is 67.1 Å². The van der Waals surface area contributed by atoms with Gasteiger partial charge in [-0.1, -0.05) is 12.1 Å². The third-order valence-corrected chi connectivity index (χ3v) is 6.97. The summed E-state index contributed by atoms with van der Waals surface area (Å²) in [5.74, 6) is 0.431. The number of phenolic OH excluding ortho intramolecular Hbond substituents is 4. The second kappa shape index (κ2) is 13.3. The summed E-state index contributed by atoms with van der Waals surface area (Å²) in [5, 5.41) is 41.2. The first-order valence-corrected chi connectivity index (χ1v) is 12.4. The van der Waals surface area contributed by atoms with Crippen LogP contribution in [-0.2, 0) is 38.6 Å². The van der Waals surface area contributed by atoms with Crippen LogP contribution >= 0.6 is 0 Å². The molecule has 4 N–H and O–H groups in total. The molecule has 0 fully saturated rings. The van der Waals surface area contributed by atoms with Crippen molar-refractivity contribution < 1.29 is 72.4 Å². The van der Waals surface area contributed by atoms with E-state index in [1.807, 2.05) is 0 Å². The molecule has 12 heteroatoms. The number of ether oxygens (including phenoxy) is 4. The van der Waals surface area contributed by atoms with Crippen LogP contribution in [0.5, 0.6) is 46.0 Å². The van der Waals surface area contributed by atoms with Crippen molar-refractivity contribution in [2.24, 2.45) is 9.98 Å². The van der Waals surface area contributed by atoms with Gasteiger partial charge in [-0.25, -0.2) is 0 Å². The van der Waals surface area contributed by atoms with E-state index in [9.17, 15) is 20.4 Å². The Bertz CT molecular complexity index is 1580. The van der Waals surface area contributed by atoms with Crippen molar-refractivity contribution in [3.63, 3.8) is 0 Å². The van der Waals surface area contributed by atoms with E-state index in [2.05, 4.69) is 0 Å². The van der Waals surface area contributed by atoms with Crippen molar-refractivity contribution in [3.05, 3.63) is 82.9 Å². The number of para-hydroxylation sites is 2. The van der Waals surface area contributed by atoms with Crippen LogP contribution in [0.4, 0.5) is 0 Å². The van der Waals surface area contributed by atoms with E-state index in [1.165, 1.54) is 53.0 Å². The summed E-state index contributed by atoms with van der Waals surface area (Å²) in [6.45, 7) is 0. The number of fused-ring (bicyclic) bond motifs is 3. The maximum atomic E-state index is 10.5. The minimum absolute atomic E-state index is 0. The quantitative estimate of drug-likeness (QED) is 0.117. The Morgan fingerprint density at radius 1 is 0.558 bits per heavy atom. The first kappa shape index (κ1) is 33.1. The Balaban J connectivity index is 0.00000253. The Morgan fingerprint density at radius 3 is 1.30 bits per heavy atom. The summed E-state index contributed by atoms with van der Waals surface area (Å²) in [7, 11) is 6.10. The van der Waals surface area contributed by atoms with Gasteiger partial charge < -0.3 is 39.4 Å². The Kier molecular flexibility index (Phi) is 10.2. The fourth-order valence-electron chi connectivity index (χ4n) is 5.02. The summed E-state index contributed by atoms with van der Waals surface area (Å²) < 4.78 is 22.8. The van der Waals surface area contributed by atoms with Crippen molar-refractivity contribution in [3.8, 4) is 57.1 Å². The average molecular weight is 674 g/mol. The molecule has 4 aromatic carbocycles. The number of rotatable bonds is 8. The van der Waals surface area contributed by atoms with E-state index in [0.717, 1.165) is 0 Å². The third kappa shape index (κ3) is 5.44. The zero-order valence-electron chi connectivity index (χ0n) is 23.4. The molecule has 0 amide bonds. The van der Waals surface area contributed by atoms with Gasteiger partial charge in [0, 0.05) is 78.8 Å². The predicted octanol–water partition coefficient (Wildman–Crippen LogP) is 4.96. The normalized spacial score (nSPS) is 12.7. The number of phenols is 4. The Labute approximate surface area is 268 Å². The molecular weight excluding hydrogens is 646 g/mol. The molecule has 0 aliphatic heterocycles. The second-order valence-corrected chi connectivity index (χ2v) is 9.07. The predicted molar refractivity (Wildman–Crippen MR) is 154 cm³/mol. The monoisotopic (exact) mass is 672 g/mol. The van der Waals surface area contributed by atoms with Gasteiger partial charge in [-0.15, -0.1) is 0 Å². The number of hydrogen-bond acceptors (Lipinski definition) is 10. The van der Waals surface area contributed by atoms with E-state index >= 15 is 0 Å². The van der Waals surface area contributed by atoms with E-state index in [1.54, 1.807) is 48.5 Å². The topological polar surface area (TPSA) is 143 Å². The number of nitrogens with zero attached hydrogens (tertiary/aromatic N) is 2. The summed E-state index contributed by atoms with van der Waals surface area (Å²) in [6, 6.07) is 16.1. The van der Waals surface area contributed by atoms with Crippen LogP contribution in [0, 0.1) is 0 Å². The molecule has 1 aliphatic carbocycles. The zero-order valence-corrected chi connectivity index (χ0v) is 25.4. The van der Waals surface area contributed by atoms with Gasteiger partial charge in [-0.2, -0.15) is 0 Å². The standard InChI is InChI=1S/C31H28N2O8.2Ni/c1-38-23-13-11-19-25(29(23)40-3)26-20(12-14-24(39-2)30(26)41-4)31(19,32-15-17-7-5-9-21(34)27(17)36)33-16-18-8-6-10-22(35)28(18)37;;/h5-16,34-37H,1-4H3;;/b32-15+,33-16+;;. The van der Waals surface area contributed by atoms with E-state index in [0.29, 0.717) is 45.3 Å². The molecule has 43 heavy (non-hydrogen) atoms. The van der Waals surface area contributed by atoms with Crippen LogP contribution < -0.4 is 18.9 Å². The molecule has 230 valence electrons. The number of aromatic hydroxyl groups is 4. The van der Waals surface area contributed by atoms with Crippen LogP contribution in [0.15, 0.2) is 70.6 Å². The van der Waals surface area contributed by atoms with E-state index < -0.39 is 5.66 Å². The van der Waals surface area contributed by atoms with Gasteiger partial charge in [0.2, 0.25) is 5.66 Å². The molecule has 0 unspecified atom stereocenters. The summed E-state index contributed by atoms with van der Waals surface area (Å²) in [6.07, 6.45) is 2.81. The van der Waals surface area contributed by atoms with Crippen molar-refractivity contribution in [1.29, 1.82) is 0 Å². The Hall–Kier alpha value is -4.39. The van der Waals surface area contributed by atoms with E-state index in [4.69, 9.17) is 28.9 Å². The van der Waals surface area contributed by atoms with Crippen LogP contribution in [0.3, 0.4) is 0 Å². The molecule has 1 aliphatic rings. The smallest absolute Gasteiger partial charge is 0.202 e. The maximum Gasteiger partial charge on any atom is 0.202 e. The average Bonchev–Trinajstić information content (AvgIpc) is 3.27. The van der Waals surface area contributed by atoms with Gasteiger partial charge in [0.05, 0.1) is 28.4 Å². The van der Waals surface area contributed by atoms with Gasteiger partial charge >= 0.3 is 0 Å². The molecule has 0 saturated carbocycles. The molecular formula is C31H28N2Ni2O8. The van der Waals surface area contributed by atoms with Gasteiger partial charge in [0.15, 0.2) is 46.0 Å². The van der Waals surface area contributed by atoms with Crippen molar-refractivity contribution in [2.75, 3.05) is 28.4 Å². The molecule has 0 saturated heterocycles. The van der Waals surface area contributed by atoms with Crippen molar-refractivity contribution in [2.45, 2.75) is 5.66 Å². The number of aliphatic imine (C=N–C) groups is 2. The molecule has 0 aromatic heterocycles. The SMILES string of the molecule is COc1ccc2c(c1OC)-c1c(ccc(OC)c1OC)C2(/N=C/c1cccc(O)c1O)/N=C/c1cccc(O)c1O.[Ni].[Ni].